The molecule has 0 saturated carbocycles. The average molecular weight is 332 g/mol. The van der Waals surface area contributed by atoms with Crippen LogP contribution in [0.1, 0.15) is 27.2 Å². The minimum absolute atomic E-state index is 0.268. The van der Waals surface area contributed by atoms with Crippen LogP contribution in [0.5, 0.6) is 0 Å². The van der Waals surface area contributed by atoms with Crippen molar-refractivity contribution in [2.45, 2.75) is 20.8 Å². The smallest absolute Gasteiger partial charge is 0.274 e. The predicted molar refractivity (Wildman–Crippen MR) is 100 cm³/mol. The second-order valence-corrected chi connectivity index (χ2v) is 5.98. The Labute approximate surface area is 147 Å². The molecule has 0 aliphatic carbocycles. The topological polar surface area (TPSA) is 66.9 Å². The Morgan fingerprint density at radius 1 is 0.960 bits per heavy atom. The van der Waals surface area contributed by atoms with E-state index in [4.69, 9.17) is 0 Å². The Balaban J connectivity index is 1.77. The largest absolute Gasteiger partial charge is 0.340 e. The number of aryl methyl sites for hydroxylation is 2. The van der Waals surface area contributed by atoms with Crippen molar-refractivity contribution in [2.75, 3.05) is 10.6 Å². The van der Waals surface area contributed by atoms with E-state index in [-0.39, 0.29) is 5.91 Å². The zero-order valence-electron chi connectivity index (χ0n) is 14.5. The second kappa shape index (κ2) is 7.13. The molecule has 1 aromatic heterocycles. The number of carbonyl (C=O) groups is 1. The molecule has 1 amide bonds. The molecular weight excluding hydrogens is 312 g/mol. The van der Waals surface area contributed by atoms with Gasteiger partial charge in [-0.25, -0.2) is 9.97 Å². The van der Waals surface area contributed by atoms with Crippen molar-refractivity contribution >= 4 is 23.1 Å². The summed E-state index contributed by atoms with van der Waals surface area (Å²) in [4.78, 5) is 20.7. The van der Waals surface area contributed by atoms with Crippen LogP contribution in [-0.4, -0.2) is 15.9 Å². The number of carbonyl (C=O) groups excluding carboxylic acids is 1. The van der Waals surface area contributed by atoms with Gasteiger partial charge in [0.05, 0.1) is 0 Å². The van der Waals surface area contributed by atoms with Crippen molar-refractivity contribution in [3.05, 3.63) is 77.2 Å². The number of nitrogens with one attached hydrogen (secondary N) is 2. The minimum Gasteiger partial charge on any atom is -0.340 e. The maximum atomic E-state index is 12.4. The van der Waals surface area contributed by atoms with Gasteiger partial charge in [0.25, 0.3) is 5.91 Å². The van der Waals surface area contributed by atoms with Crippen molar-refractivity contribution in [2.24, 2.45) is 0 Å². The summed E-state index contributed by atoms with van der Waals surface area (Å²) in [5.74, 6) is 0.313. The lowest BCUT2D eigenvalue weighted by molar-refractivity contribution is 0.102. The number of benzene rings is 2. The molecule has 3 rings (SSSR count). The van der Waals surface area contributed by atoms with Crippen molar-refractivity contribution in [3.8, 4) is 0 Å². The summed E-state index contributed by atoms with van der Waals surface area (Å²) in [5, 5.41) is 6.09. The molecule has 0 bridgehead atoms. The first-order valence-electron chi connectivity index (χ1n) is 8.06. The van der Waals surface area contributed by atoms with Crippen molar-refractivity contribution in [1.29, 1.82) is 0 Å². The standard InChI is InChI=1S/C20H20N4O/c1-13-7-9-16(10-8-13)23-20(25)18-11-19(22-12-21-18)24-17-6-4-5-14(2)15(17)3/h4-12H,1-3H3,(H,23,25)(H,21,22,24). The zero-order valence-corrected chi connectivity index (χ0v) is 14.5. The number of amides is 1. The molecule has 0 atom stereocenters. The van der Waals surface area contributed by atoms with Crippen LogP contribution in [0.3, 0.4) is 0 Å². The van der Waals surface area contributed by atoms with E-state index in [0.717, 1.165) is 22.5 Å². The number of anilines is 3. The third kappa shape index (κ3) is 4.01. The van der Waals surface area contributed by atoms with E-state index >= 15 is 0 Å². The summed E-state index contributed by atoms with van der Waals surface area (Å²) in [6, 6.07) is 15.3. The highest BCUT2D eigenvalue weighted by molar-refractivity contribution is 6.03. The summed E-state index contributed by atoms with van der Waals surface area (Å²) in [6.45, 7) is 6.10. The number of nitrogens with zero attached hydrogens (tertiary/aromatic N) is 2. The lowest BCUT2D eigenvalue weighted by Gasteiger charge is -2.11. The van der Waals surface area contributed by atoms with Gasteiger partial charge < -0.3 is 10.6 Å². The molecule has 3 aromatic rings. The molecule has 2 N–H and O–H groups in total. The molecular formula is C20H20N4O. The summed E-state index contributed by atoms with van der Waals surface area (Å²) in [6.07, 6.45) is 1.39. The van der Waals surface area contributed by atoms with Crippen molar-refractivity contribution in [3.63, 3.8) is 0 Å². The lowest BCUT2D eigenvalue weighted by atomic mass is 10.1. The molecule has 126 valence electrons. The molecule has 25 heavy (non-hydrogen) atoms. The van der Waals surface area contributed by atoms with Gasteiger partial charge in [0, 0.05) is 17.4 Å². The first-order chi connectivity index (χ1) is 12.0. The molecule has 5 heteroatoms. The molecule has 0 fully saturated rings. The summed E-state index contributed by atoms with van der Waals surface area (Å²) >= 11 is 0. The van der Waals surface area contributed by atoms with Crippen LogP contribution in [0.4, 0.5) is 17.2 Å². The zero-order chi connectivity index (χ0) is 17.8. The third-order valence-electron chi connectivity index (χ3n) is 4.08. The van der Waals surface area contributed by atoms with Gasteiger partial charge in [0.1, 0.15) is 17.8 Å². The molecule has 2 aromatic carbocycles. The van der Waals surface area contributed by atoms with Gasteiger partial charge in [-0.05, 0) is 50.1 Å². The van der Waals surface area contributed by atoms with Gasteiger partial charge in [-0.15, -0.1) is 0 Å². The quantitative estimate of drug-likeness (QED) is 0.743. The van der Waals surface area contributed by atoms with E-state index in [1.807, 2.05) is 50.2 Å². The van der Waals surface area contributed by atoms with Gasteiger partial charge in [-0.3, -0.25) is 4.79 Å². The molecule has 5 nitrogen and oxygen atoms in total. The molecule has 0 saturated heterocycles. The predicted octanol–water partition coefficient (Wildman–Crippen LogP) is 4.40. The average Bonchev–Trinajstić information content (AvgIpc) is 2.61. The monoisotopic (exact) mass is 332 g/mol. The molecule has 0 unspecified atom stereocenters. The first kappa shape index (κ1) is 16.6. The van der Waals surface area contributed by atoms with E-state index in [1.165, 1.54) is 11.9 Å². The maximum absolute atomic E-state index is 12.4. The Morgan fingerprint density at radius 2 is 1.72 bits per heavy atom. The highest BCUT2D eigenvalue weighted by Gasteiger charge is 2.10. The summed E-state index contributed by atoms with van der Waals surface area (Å²) in [7, 11) is 0. The van der Waals surface area contributed by atoms with Crippen LogP contribution in [0.2, 0.25) is 0 Å². The fourth-order valence-electron chi connectivity index (χ4n) is 2.41. The van der Waals surface area contributed by atoms with E-state index < -0.39 is 0 Å². The minimum atomic E-state index is -0.268. The van der Waals surface area contributed by atoms with Gasteiger partial charge in [-0.2, -0.15) is 0 Å². The number of hydrogen-bond acceptors (Lipinski definition) is 4. The highest BCUT2D eigenvalue weighted by atomic mass is 16.1. The Kier molecular flexibility index (Phi) is 4.75. The fraction of sp³-hybridized carbons (Fsp3) is 0.150. The van der Waals surface area contributed by atoms with Gasteiger partial charge in [0.15, 0.2) is 0 Å². The van der Waals surface area contributed by atoms with E-state index in [0.29, 0.717) is 11.5 Å². The summed E-state index contributed by atoms with van der Waals surface area (Å²) < 4.78 is 0. The molecule has 0 aliphatic heterocycles. The highest BCUT2D eigenvalue weighted by Crippen LogP contribution is 2.22. The van der Waals surface area contributed by atoms with Gasteiger partial charge in [-0.1, -0.05) is 29.8 Å². The van der Waals surface area contributed by atoms with Crippen molar-refractivity contribution in [1.82, 2.24) is 9.97 Å². The number of rotatable bonds is 4. The molecule has 0 spiro atoms. The first-order valence-corrected chi connectivity index (χ1v) is 8.06. The van der Waals surface area contributed by atoms with Crippen LogP contribution in [0, 0.1) is 20.8 Å². The third-order valence-corrected chi connectivity index (χ3v) is 4.08. The lowest BCUT2D eigenvalue weighted by Crippen LogP contribution is -2.14. The van der Waals surface area contributed by atoms with E-state index in [9.17, 15) is 4.79 Å². The van der Waals surface area contributed by atoms with Gasteiger partial charge >= 0.3 is 0 Å². The fourth-order valence-corrected chi connectivity index (χ4v) is 2.41. The second-order valence-electron chi connectivity index (χ2n) is 5.98. The molecule has 0 aliphatic rings. The molecule has 1 heterocycles. The van der Waals surface area contributed by atoms with E-state index in [2.05, 4.69) is 33.6 Å². The maximum Gasteiger partial charge on any atom is 0.274 e. The van der Waals surface area contributed by atoms with Crippen LogP contribution >= 0.6 is 0 Å². The Bertz CT molecular complexity index is 904. The molecule has 0 radical (unpaired) electrons. The SMILES string of the molecule is Cc1ccc(NC(=O)c2cc(Nc3cccc(C)c3C)ncn2)cc1. The van der Waals surface area contributed by atoms with Gasteiger partial charge in [0.2, 0.25) is 0 Å². The normalized spacial score (nSPS) is 10.4. The van der Waals surface area contributed by atoms with E-state index in [1.54, 1.807) is 6.07 Å². The van der Waals surface area contributed by atoms with Crippen molar-refractivity contribution < 1.29 is 4.79 Å². The van der Waals surface area contributed by atoms with Crippen LogP contribution in [0.15, 0.2) is 54.9 Å². The number of aromatic nitrogens is 2. The van der Waals surface area contributed by atoms with Crippen LogP contribution in [-0.2, 0) is 0 Å². The Morgan fingerprint density at radius 3 is 2.48 bits per heavy atom. The van der Waals surface area contributed by atoms with Crippen LogP contribution < -0.4 is 10.6 Å². The summed E-state index contributed by atoms with van der Waals surface area (Å²) in [5.41, 5.74) is 5.48. The van der Waals surface area contributed by atoms with Crippen LogP contribution in [0.25, 0.3) is 0 Å². The number of hydrogen-bond donors (Lipinski definition) is 2. The Hall–Kier alpha value is -3.21.